The SMILES string of the molecule is CN1CCNCC1c1noc(-c2csc(-c3c(F)cccc3F)n2)n1.Cl. The summed E-state index contributed by atoms with van der Waals surface area (Å²) in [6.07, 6.45) is 0. The zero-order valence-corrected chi connectivity index (χ0v) is 15.4. The minimum absolute atomic E-state index is 0. The number of likely N-dealkylation sites (N-methyl/N-ethyl adjacent to an activating group) is 1. The quantitative estimate of drug-likeness (QED) is 0.729. The Bertz CT molecular complexity index is 882. The Balaban J connectivity index is 0.00000196. The van der Waals surface area contributed by atoms with Crippen LogP contribution in [0.1, 0.15) is 11.9 Å². The number of nitrogens with zero attached hydrogens (tertiary/aromatic N) is 4. The molecule has 0 aliphatic carbocycles. The second-order valence-corrected chi connectivity index (χ2v) is 6.65. The van der Waals surface area contributed by atoms with Gasteiger partial charge in [0.1, 0.15) is 22.3 Å². The second-order valence-electron chi connectivity index (χ2n) is 5.79. The second kappa shape index (κ2) is 7.75. The predicted molar refractivity (Wildman–Crippen MR) is 96.2 cm³/mol. The van der Waals surface area contributed by atoms with Gasteiger partial charge >= 0.3 is 0 Å². The molecule has 0 saturated carbocycles. The molecule has 6 nitrogen and oxygen atoms in total. The molecular formula is C16H16ClF2N5OS. The van der Waals surface area contributed by atoms with E-state index in [0.29, 0.717) is 11.5 Å². The number of benzene rings is 1. The van der Waals surface area contributed by atoms with Gasteiger partial charge in [0.05, 0.1) is 11.6 Å². The topological polar surface area (TPSA) is 67.1 Å². The first-order chi connectivity index (χ1) is 12.1. The number of thiazole rings is 1. The zero-order valence-electron chi connectivity index (χ0n) is 13.8. The van der Waals surface area contributed by atoms with Crippen molar-refractivity contribution < 1.29 is 13.3 Å². The van der Waals surface area contributed by atoms with Crippen LogP contribution >= 0.6 is 23.7 Å². The number of piperazine rings is 1. The highest BCUT2D eigenvalue weighted by molar-refractivity contribution is 7.13. The third-order valence-corrected chi connectivity index (χ3v) is 5.01. The highest BCUT2D eigenvalue weighted by Gasteiger charge is 2.26. The fourth-order valence-electron chi connectivity index (χ4n) is 2.76. The van der Waals surface area contributed by atoms with E-state index in [9.17, 15) is 8.78 Å². The molecule has 3 aromatic rings. The van der Waals surface area contributed by atoms with Crippen molar-refractivity contribution in [1.29, 1.82) is 0 Å². The minimum Gasteiger partial charge on any atom is -0.332 e. The lowest BCUT2D eigenvalue weighted by Crippen LogP contribution is -2.44. The summed E-state index contributed by atoms with van der Waals surface area (Å²) in [5.74, 6) is -0.492. The van der Waals surface area contributed by atoms with Gasteiger partial charge in [0.25, 0.3) is 5.89 Å². The normalized spacial score (nSPS) is 17.9. The van der Waals surface area contributed by atoms with Crippen LogP contribution in [0.25, 0.3) is 22.2 Å². The van der Waals surface area contributed by atoms with Crippen molar-refractivity contribution in [1.82, 2.24) is 25.3 Å². The maximum atomic E-state index is 13.9. The van der Waals surface area contributed by atoms with Gasteiger partial charge in [0, 0.05) is 25.0 Å². The largest absolute Gasteiger partial charge is 0.332 e. The number of nitrogens with one attached hydrogen (secondary N) is 1. The van der Waals surface area contributed by atoms with Crippen molar-refractivity contribution >= 4 is 23.7 Å². The average molecular weight is 400 g/mol. The van der Waals surface area contributed by atoms with E-state index >= 15 is 0 Å². The summed E-state index contributed by atoms with van der Waals surface area (Å²) in [6, 6.07) is 3.75. The van der Waals surface area contributed by atoms with E-state index in [2.05, 4.69) is 25.3 Å². The highest BCUT2D eigenvalue weighted by atomic mass is 35.5. The molecular weight excluding hydrogens is 384 g/mol. The van der Waals surface area contributed by atoms with Gasteiger partial charge in [-0.05, 0) is 19.2 Å². The van der Waals surface area contributed by atoms with Crippen LogP contribution < -0.4 is 5.32 Å². The molecule has 4 rings (SSSR count). The first-order valence-electron chi connectivity index (χ1n) is 7.78. The molecule has 0 amide bonds. The summed E-state index contributed by atoms with van der Waals surface area (Å²) in [5, 5.41) is 9.21. The lowest BCUT2D eigenvalue weighted by atomic mass is 10.2. The van der Waals surface area contributed by atoms with Crippen molar-refractivity contribution in [3.63, 3.8) is 0 Å². The van der Waals surface area contributed by atoms with Gasteiger partial charge in [-0.25, -0.2) is 13.8 Å². The van der Waals surface area contributed by atoms with Crippen LogP contribution in [0.15, 0.2) is 28.1 Å². The van der Waals surface area contributed by atoms with E-state index in [1.807, 2.05) is 7.05 Å². The Labute approximate surface area is 158 Å². The smallest absolute Gasteiger partial charge is 0.277 e. The third kappa shape index (κ3) is 3.48. The highest BCUT2D eigenvalue weighted by Crippen LogP contribution is 2.32. The number of aromatic nitrogens is 3. The monoisotopic (exact) mass is 399 g/mol. The van der Waals surface area contributed by atoms with E-state index in [-0.39, 0.29) is 34.9 Å². The number of halogens is 3. The summed E-state index contributed by atoms with van der Waals surface area (Å²) in [7, 11) is 2.00. The van der Waals surface area contributed by atoms with Crippen molar-refractivity contribution in [2.45, 2.75) is 6.04 Å². The number of hydrogen-bond donors (Lipinski definition) is 1. The van der Waals surface area contributed by atoms with Gasteiger partial charge in [-0.3, -0.25) is 4.90 Å². The minimum atomic E-state index is -0.651. The Hall–Kier alpha value is -1.94. The Morgan fingerprint density at radius 1 is 1.27 bits per heavy atom. The molecule has 2 aromatic heterocycles. The van der Waals surface area contributed by atoms with Crippen molar-refractivity contribution in [2.24, 2.45) is 0 Å². The van der Waals surface area contributed by atoms with Crippen LogP contribution in [0.5, 0.6) is 0 Å². The fourth-order valence-corrected chi connectivity index (χ4v) is 3.60. The Kier molecular flexibility index (Phi) is 5.61. The van der Waals surface area contributed by atoms with Gasteiger partial charge in [-0.15, -0.1) is 23.7 Å². The molecule has 1 aliphatic heterocycles. The lowest BCUT2D eigenvalue weighted by molar-refractivity contribution is 0.190. The summed E-state index contributed by atoms with van der Waals surface area (Å²) < 4.78 is 33.1. The van der Waals surface area contributed by atoms with E-state index in [1.54, 1.807) is 5.38 Å². The van der Waals surface area contributed by atoms with Gasteiger partial charge in [-0.2, -0.15) is 4.98 Å². The molecule has 1 N–H and O–H groups in total. The maximum Gasteiger partial charge on any atom is 0.277 e. The molecule has 1 fully saturated rings. The predicted octanol–water partition coefficient (Wildman–Crippen LogP) is 3.14. The summed E-state index contributed by atoms with van der Waals surface area (Å²) in [6.45, 7) is 2.54. The van der Waals surface area contributed by atoms with Crippen LogP contribution in [-0.2, 0) is 0 Å². The molecule has 3 heterocycles. The fraction of sp³-hybridized carbons (Fsp3) is 0.312. The first kappa shape index (κ1) is 18.8. The van der Waals surface area contributed by atoms with Crippen LogP contribution in [0.4, 0.5) is 8.78 Å². The van der Waals surface area contributed by atoms with Crippen LogP contribution in [0.3, 0.4) is 0 Å². The Morgan fingerprint density at radius 2 is 2.04 bits per heavy atom. The van der Waals surface area contributed by atoms with E-state index in [4.69, 9.17) is 4.52 Å². The summed E-state index contributed by atoms with van der Waals surface area (Å²) >= 11 is 1.13. The molecule has 1 aliphatic rings. The first-order valence-corrected chi connectivity index (χ1v) is 8.66. The van der Waals surface area contributed by atoms with Crippen molar-refractivity contribution in [2.75, 3.05) is 26.7 Å². The summed E-state index contributed by atoms with van der Waals surface area (Å²) in [4.78, 5) is 10.8. The molecule has 1 saturated heterocycles. The van der Waals surface area contributed by atoms with E-state index in [0.717, 1.165) is 31.0 Å². The van der Waals surface area contributed by atoms with Crippen molar-refractivity contribution in [3.05, 3.63) is 41.0 Å². The molecule has 138 valence electrons. The van der Waals surface area contributed by atoms with Gasteiger partial charge in [-0.1, -0.05) is 11.2 Å². The van der Waals surface area contributed by atoms with Gasteiger partial charge in [0.15, 0.2) is 5.82 Å². The maximum absolute atomic E-state index is 13.9. The molecule has 0 radical (unpaired) electrons. The van der Waals surface area contributed by atoms with Crippen molar-refractivity contribution in [3.8, 4) is 22.2 Å². The van der Waals surface area contributed by atoms with E-state index < -0.39 is 11.6 Å². The molecule has 1 aromatic carbocycles. The Morgan fingerprint density at radius 3 is 2.77 bits per heavy atom. The molecule has 0 bridgehead atoms. The number of rotatable bonds is 3. The standard InChI is InChI=1S/C16H15F2N5OS.ClH/c1-23-6-5-19-7-12(23)14-21-15(24-22-14)11-8-25-16(20-11)13-9(17)3-2-4-10(13)18;/h2-4,8,12,19H,5-7H2,1H3;1H. The third-order valence-electron chi connectivity index (χ3n) is 4.15. The van der Waals surface area contributed by atoms with Crippen LogP contribution in [-0.4, -0.2) is 46.7 Å². The number of hydrogen-bond acceptors (Lipinski definition) is 7. The molecule has 0 spiro atoms. The van der Waals surface area contributed by atoms with E-state index in [1.165, 1.54) is 18.2 Å². The zero-order chi connectivity index (χ0) is 17.4. The van der Waals surface area contributed by atoms with Gasteiger partial charge in [0.2, 0.25) is 0 Å². The summed E-state index contributed by atoms with van der Waals surface area (Å²) in [5.41, 5.74) is 0.266. The van der Waals surface area contributed by atoms with Gasteiger partial charge < -0.3 is 9.84 Å². The molecule has 1 atom stereocenters. The molecule has 26 heavy (non-hydrogen) atoms. The van der Waals surface area contributed by atoms with Crippen LogP contribution in [0, 0.1) is 11.6 Å². The lowest BCUT2D eigenvalue weighted by Gasteiger charge is -2.30. The molecule has 10 heteroatoms. The van der Waals surface area contributed by atoms with Crippen LogP contribution in [0.2, 0.25) is 0 Å². The molecule has 1 unspecified atom stereocenters. The average Bonchev–Trinajstić information content (AvgIpc) is 3.24.